The number of nitrogens with zero attached hydrogens (tertiary/aromatic N) is 3. The Morgan fingerprint density at radius 3 is 2.89 bits per heavy atom. The number of rotatable bonds is 4. The van der Waals surface area contributed by atoms with E-state index in [-0.39, 0.29) is 16.8 Å². The predicted molar refractivity (Wildman–Crippen MR) is 102 cm³/mol. The van der Waals surface area contributed by atoms with Crippen LogP contribution >= 0.6 is 0 Å². The predicted octanol–water partition coefficient (Wildman–Crippen LogP) is 1.89. The summed E-state index contributed by atoms with van der Waals surface area (Å²) in [5.74, 6) is -0.0228. The van der Waals surface area contributed by atoms with Gasteiger partial charge in [0.15, 0.2) is 0 Å². The van der Waals surface area contributed by atoms with E-state index in [2.05, 4.69) is 26.3 Å². The van der Waals surface area contributed by atoms with Crippen molar-refractivity contribution in [2.24, 2.45) is 0 Å². The fourth-order valence-corrected chi connectivity index (χ4v) is 2.85. The highest BCUT2D eigenvalue weighted by atomic mass is 16.2. The third-order valence-electron chi connectivity index (χ3n) is 4.14. The van der Waals surface area contributed by atoms with Crippen LogP contribution in [0.3, 0.4) is 0 Å². The second kappa shape index (κ2) is 7.25. The van der Waals surface area contributed by atoms with Gasteiger partial charge < -0.3 is 16.0 Å². The first-order valence-electron chi connectivity index (χ1n) is 8.44. The fourth-order valence-electron chi connectivity index (χ4n) is 2.85. The molecule has 8 nitrogen and oxygen atoms in total. The van der Waals surface area contributed by atoms with E-state index in [0.29, 0.717) is 34.5 Å². The van der Waals surface area contributed by atoms with E-state index >= 15 is 0 Å². The average Bonchev–Trinajstić information content (AvgIpc) is 2.66. The van der Waals surface area contributed by atoms with Crippen molar-refractivity contribution in [3.8, 4) is 17.3 Å². The number of amides is 1. The molecule has 0 unspecified atom stereocenters. The van der Waals surface area contributed by atoms with Crippen molar-refractivity contribution < 1.29 is 4.79 Å². The Morgan fingerprint density at radius 1 is 1.41 bits per heavy atom. The third-order valence-corrected chi connectivity index (χ3v) is 4.14. The molecule has 8 heteroatoms. The Balaban J connectivity index is 2.28. The van der Waals surface area contributed by atoms with Crippen molar-refractivity contribution in [3.63, 3.8) is 0 Å². The second-order valence-electron chi connectivity index (χ2n) is 6.02. The third kappa shape index (κ3) is 3.22. The fraction of sp³-hybridized carbons (Fsp3) is 0.211. The van der Waals surface area contributed by atoms with E-state index in [0.717, 1.165) is 6.42 Å². The monoisotopic (exact) mass is 362 g/mol. The molecular formula is C19H18N6O2. The number of aryl methyl sites for hydroxylation is 1. The first-order valence-corrected chi connectivity index (χ1v) is 8.44. The smallest absolute Gasteiger partial charge is 0.263 e. The average molecular weight is 362 g/mol. The van der Waals surface area contributed by atoms with Gasteiger partial charge in [-0.1, -0.05) is 25.1 Å². The van der Waals surface area contributed by atoms with Crippen LogP contribution in [0.15, 0.2) is 29.2 Å². The lowest BCUT2D eigenvalue weighted by Crippen LogP contribution is -2.31. The Kier molecular flexibility index (Phi) is 4.86. The van der Waals surface area contributed by atoms with Crippen LogP contribution in [0.5, 0.6) is 0 Å². The van der Waals surface area contributed by atoms with Crippen LogP contribution in [0.25, 0.3) is 22.2 Å². The lowest BCUT2D eigenvalue weighted by Gasteiger charge is -2.12. The maximum atomic E-state index is 12.6. The summed E-state index contributed by atoms with van der Waals surface area (Å²) in [6, 6.07) is 7.23. The number of H-pyrrole nitrogens is 1. The van der Waals surface area contributed by atoms with Crippen LogP contribution in [-0.4, -0.2) is 27.4 Å². The number of carbonyl (C=O) groups excluding carboxylic acids is 1. The minimum atomic E-state index is -0.592. The number of anilines is 1. The molecule has 0 fully saturated rings. The molecule has 0 aliphatic rings. The molecule has 3 aromatic rings. The number of nitrogens with two attached hydrogens (primary N) is 1. The topological polar surface area (TPSA) is 138 Å². The Bertz CT molecular complexity index is 1140. The summed E-state index contributed by atoms with van der Waals surface area (Å²) >= 11 is 0. The number of nitrogen functional groups attached to an aromatic ring is 1. The van der Waals surface area contributed by atoms with Gasteiger partial charge in [0.2, 0.25) is 0 Å². The number of hydrogen-bond donors (Lipinski definition) is 3. The van der Waals surface area contributed by atoms with Crippen LogP contribution < -0.4 is 16.6 Å². The molecule has 27 heavy (non-hydrogen) atoms. The standard InChI is InChI=1S/C19H18N6O2/c1-3-7-22-18(26)14-15(21)12-5-4-6-13(17(12)25-19(14)27)16-11(8-20)9-23-10(2)24-16/h4-6,9H,3,7H2,1-2H3,(H,22,26)(H3,21,25,27). The van der Waals surface area contributed by atoms with Gasteiger partial charge >= 0.3 is 0 Å². The zero-order valence-electron chi connectivity index (χ0n) is 15.0. The molecule has 0 aliphatic carbocycles. The SMILES string of the molecule is CCCNC(=O)c1c(N)c2cccc(-c3nc(C)ncc3C#N)c2[nH]c1=O. The van der Waals surface area contributed by atoms with Crippen molar-refractivity contribution >= 4 is 22.5 Å². The quantitative estimate of drug-likeness (QED) is 0.648. The normalized spacial score (nSPS) is 10.6. The highest BCUT2D eigenvalue weighted by molar-refractivity contribution is 6.08. The number of aromatic nitrogens is 3. The van der Waals surface area contributed by atoms with Crippen molar-refractivity contribution in [1.82, 2.24) is 20.3 Å². The van der Waals surface area contributed by atoms with E-state index in [9.17, 15) is 14.9 Å². The van der Waals surface area contributed by atoms with E-state index in [4.69, 9.17) is 5.73 Å². The minimum Gasteiger partial charge on any atom is -0.397 e. The van der Waals surface area contributed by atoms with Gasteiger partial charge in [0.25, 0.3) is 11.5 Å². The van der Waals surface area contributed by atoms with Crippen LogP contribution in [0.4, 0.5) is 5.69 Å². The van der Waals surface area contributed by atoms with Crippen molar-refractivity contribution in [1.29, 1.82) is 5.26 Å². The van der Waals surface area contributed by atoms with Crippen LogP contribution in [-0.2, 0) is 0 Å². The van der Waals surface area contributed by atoms with E-state index in [1.54, 1.807) is 25.1 Å². The van der Waals surface area contributed by atoms with Gasteiger partial charge in [-0.2, -0.15) is 5.26 Å². The van der Waals surface area contributed by atoms with Crippen LogP contribution in [0.2, 0.25) is 0 Å². The number of nitriles is 1. The highest BCUT2D eigenvalue weighted by Crippen LogP contribution is 2.30. The lowest BCUT2D eigenvalue weighted by atomic mass is 10.0. The zero-order chi connectivity index (χ0) is 19.6. The Hall–Kier alpha value is -3.73. The Labute approximate surface area is 155 Å². The number of hydrogen-bond acceptors (Lipinski definition) is 6. The molecule has 4 N–H and O–H groups in total. The van der Waals surface area contributed by atoms with Gasteiger partial charge in [-0.05, 0) is 13.3 Å². The second-order valence-corrected chi connectivity index (χ2v) is 6.02. The molecular weight excluding hydrogens is 344 g/mol. The molecule has 1 amide bonds. The molecule has 0 aliphatic heterocycles. The van der Waals surface area contributed by atoms with Crippen molar-refractivity contribution in [3.05, 3.63) is 51.7 Å². The summed E-state index contributed by atoms with van der Waals surface area (Å²) in [4.78, 5) is 36.0. The number of carbonyl (C=O) groups is 1. The van der Waals surface area contributed by atoms with Gasteiger partial charge in [0.1, 0.15) is 17.5 Å². The molecule has 1 aromatic carbocycles. The van der Waals surface area contributed by atoms with Crippen LogP contribution in [0, 0.1) is 18.3 Å². The number of pyridine rings is 1. The number of fused-ring (bicyclic) bond motifs is 1. The van der Waals surface area contributed by atoms with E-state index in [1.165, 1.54) is 6.20 Å². The number of nitrogens with one attached hydrogen (secondary N) is 2. The molecule has 0 atom stereocenters. The first-order chi connectivity index (χ1) is 13.0. The molecule has 3 rings (SSSR count). The Morgan fingerprint density at radius 2 is 2.19 bits per heavy atom. The molecule has 0 saturated heterocycles. The molecule has 2 heterocycles. The summed E-state index contributed by atoms with van der Waals surface area (Å²) in [6.45, 7) is 4.07. The molecule has 0 radical (unpaired) electrons. The first kappa shape index (κ1) is 18.1. The molecule has 0 saturated carbocycles. The largest absolute Gasteiger partial charge is 0.397 e. The maximum absolute atomic E-state index is 12.6. The van der Waals surface area contributed by atoms with E-state index < -0.39 is 11.5 Å². The van der Waals surface area contributed by atoms with Crippen LogP contribution in [0.1, 0.15) is 35.1 Å². The summed E-state index contributed by atoms with van der Waals surface area (Å²) in [7, 11) is 0. The van der Waals surface area contributed by atoms with E-state index in [1.807, 2.05) is 6.92 Å². The molecule has 0 bridgehead atoms. The summed E-state index contributed by atoms with van der Waals surface area (Å²) in [6.07, 6.45) is 2.18. The van der Waals surface area contributed by atoms with Gasteiger partial charge in [0.05, 0.1) is 22.5 Å². The lowest BCUT2D eigenvalue weighted by molar-refractivity contribution is 0.0953. The number of aromatic amines is 1. The number of para-hydroxylation sites is 1. The molecule has 136 valence electrons. The summed E-state index contributed by atoms with van der Waals surface area (Å²) < 4.78 is 0. The minimum absolute atomic E-state index is 0.0912. The number of benzene rings is 1. The summed E-state index contributed by atoms with van der Waals surface area (Å²) in [5.41, 5.74) is 7.17. The van der Waals surface area contributed by atoms with Gasteiger partial charge in [-0.3, -0.25) is 9.59 Å². The molecule has 2 aromatic heterocycles. The van der Waals surface area contributed by atoms with Crippen molar-refractivity contribution in [2.75, 3.05) is 12.3 Å². The maximum Gasteiger partial charge on any atom is 0.263 e. The van der Waals surface area contributed by atoms with Gasteiger partial charge in [-0.25, -0.2) is 9.97 Å². The van der Waals surface area contributed by atoms with Gasteiger partial charge in [-0.15, -0.1) is 0 Å². The summed E-state index contributed by atoms with van der Waals surface area (Å²) in [5, 5.41) is 12.5. The zero-order valence-corrected chi connectivity index (χ0v) is 15.0. The van der Waals surface area contributed by atoms with Crippen molar-refractivity contribution in [2.45, 2.75) is 20.3 Å². The highest BCUT2D eigenvalue weighted by Gasteiger charge is 2.20. The molecule has 0 spiro atoms. The van der Waals surface area contributed by atoms with Gasteiger partial charge in [0, 0.05) is 23.7 Å².